The summed E-state index contributed by atoms with van der Waals surface area (Å²) in [6.45, 7) is 1.86. The van der Waals surface area contributed by atoms with Gasteiger partial charge in [-0.05, 0) is 30.7 Å². The number of amides is 1. The summed E-state index contributed by atoms with van der Waals surface area (Å²) in [5.74, 6) is -0.655. The van der Waals surface area contributed by atoms with E-state index >= 15 is 0 Å². The molecule has 1 aliphatic rings. The Morgan fingerprint density at radius 3 is 2.60 bits per heavy atom. The molecule has 156 valence electrons. The Kier molecular flexibility index (Phi) is 5.61. The van der Waals surface area contributed by atoms with Gasteiger partial charge >= 0.3 is 0 Å². The molecule has 2 aromatic carbocycles. The zero-order valence-corrected chi connectivity index (χ0v) is 18.4. The SMILES string of the molecule is C[C@@H](NC(=O)c1nn(-c2ccc(Cl)cc2Cl)c2c1CS(=O)(=O)CC2)c1ccccc1. The fourth-order valence-corrected chi connectivity index (χ4v) is 5.44. The van der Waals surface area contributed by atoms with Gasteiger partial charge in [-0.15, -0.1) is 0 Å². The van der Waals surface area contributed by atoms with Gasteiger partial charge in [-0.25, -0.2) is 13.1 Å². The van der Waals surface area contributed by atoms with E-state index in [1.807, 2.05) is 37.3 Å². The molecule has 0 saturated carbocycles. The van der Waals surface area contributed by atoms with Gasteiger partial charge in [0.2, 0.25) is 0 Å². The molecular weight excluding hydrogens is 445 g/mol. The molecule has 0 aliphatic carbocycles. The van der Waals surface area contributed by atoms with E-state index in [2.05, 4.69) is 10.4 Å². The number of benzene rings is 2. The van der Waals surface area contributed by atoms with Crippen molar-refractivity contribution in [3.8, 4) is 5.69 Å². The van der Waals surface area contributed by atoms with E-state index in [-0.39, 0.29) is 29.7 Å². The van der Waals surface area contributed by atoms with Gasteiger partial charge in [0.25, 0.3) is 5.91 Å². The molecule has 0 saturated heterocycles. The van der Waals surface area contributed by atoms with Crippen molar-refractivity contribution < 1.29 is 13.2 Å². The van der Waals surface area contributed by atoms with Crippen molar-refractivity contribution in [2.24, 2.45) is 0 Å². The van der Waals surface area contributed by atoms with Crippen LogP contribution in [0, 0.1) is 0 Å². The lowest BCUT2D eigenvalue weighted by Gasteiger charge is -2.16. The lowest BCUT2D eigenvalue weighted by atomic mass is 10.1. The first kappa shape index (κ1) is 20.9. The molecular formula is C21H19Cl2N3O3S. The van der Waals surface area contributed by atoms with Crippen molar-refractivity contribution >= 4 is 38.9 Å². The van der Waals surface area contributed by atoms with Gasteiger partial charge in [-0.2, -0.15) is 5.10 Å². The van der Waals surface area contributed by atoms with Gasteiger partial charge in [0.15, 0.2) is 15.5 Å². The van der Waals surface area contributed by atoms with E-state index < -0.39 is 15.7 Å². The number of sulfone groups is 1. The molecule has 4 rings (SSSR count). The molecule has 0 bridgehead atoms. The molecule has 0 fully saturated rings. The average molecular weight is 464 g/mol. The number of nitrogens with one attached hydrogen (secondary N) is 1. The third-order valence-electron chi connectivity index (χ3n) is 5.10. The molecule has 1 aromatic heterocycles. The van der Waals surface area contributed by atoms with E-state index in [1.54, 1.807) is 22.9 Å². The minimum Gasteiger partial charge on any atom is -0.344 e. The third-order valence-corrected chi connectivity index (χ3v) is 7.20. The smallest absolute Gasteiger partial charge is 0.272 e. The Hall–Kier alpha value is -2.35. The summed E-state index contributed by atoms with van der Waals surface area (Å²) < 4.78 is 26.1. The zero-order valence-electron chi connectivity index (χ0n) is 16.1. The maximum Gasteiger partial charge on any atom is 0.272 e. The molecule has 2 heterocycles. The van der Waals surface area contributed by atoms with Crippen molar-refractivity contribution in [1.82, 2.24) is 15.1 Å². The number of fused-ring (bicyclic) bond motifs is 1. The van der Waals surface area contributed by atoms with Gasteiger partial charge in [0.1, 0.15) is 0 Å². The van der Waals surface area contributed by atoms with E-state index in [4.69, 9.17) is 23.2 Å². The minimum atomic E-state index is -3.31. The maximum atomic E-state index is 13.1. The number of rotatable bonds is 4. The number of aromatic nitrogens is 2. The number of carbonyl (C=O) groups is 1. The van der Waals surface area contributed by atoms with E-state index in [0.717, 1.165) is 5.56 Å². The van der Waals surface area contributed by atoms with Crippen LogP contribution < -0.4 is 5.32 Å². The fraction of sp³-hybridized carbons (Fsp3) is 0.238. The molecule has 0 unspecified atom stereocenters. The van der Waals surface area contributed by atoms with Crippen LogP contribution in [-0.4, -0.2) is 29.9 Å². The van der Waals surface area contributed by atoms with Gasteiger partial charge in [-0.3, -0.25) is 4.79 Å². The zero-order chi connectivity index (χ0) is 21.5. The largest absolute Gasteiger partial charge is 0.344 e. The summed E-state index contributed by atoms with van der Waals surface area (Å²) in [6, 6.07) is 14.2. The first-order valence-electron chi connectivity index (χ1n) is 9.37. The van der Waals surface area contributed by atoms with Crippen LogP contribution in [-0.2, 0) is 22.0 Å². The number of halogens is 2. The number of carbonyl (C=O) groups excluding carboxylic acids is 1. The second-order valence-electron chi connectivity index (χ2n) is 7.23. The Balaban J connectivity index is 1.76. The van der Waals surface area contributed by atoms with E-state index in [0.29, 0.717) is 27.0 Å². The molecule has 0 radical (unpaired) electrons. The van der Waals surface area contributed by atoms with Gasteiger partial charge in [-0.1, -0.05) is 53.5 Å². The van der Waals surface area contributed by atoms with Gasteiger partial charge in [0, 0.05) is 17.0 Å². The number of nitrogens with zero attached hydrogens (tertiary/aromatic N) is 2. The molecule has 1 amide bonds. The van der Waals surface area contributed by atoms with Gasteiger partial charge in [0.05, 0.1) is 34.0 Å². The highest BCUT2D eigenvalue weighted by molar-refractivity contribution is 7.90. The summed E-state index contributed by atoms with van der Waals surface area (Å²) in [7, 11) is -3.31. The molecule has 3 aromatic rings. The van der Waals surface area contributed by atoms with Crippen molar-refractivity contribution in [2.45, 2.75) is 25.1 Å². The lowest BCUT2D eigenvalue weighted by molar-refractivity contribution is 0.0933. The summed E-state index contributed by atoms with van der Waals surface area (Å²) in [5.41, 5.74) is 2.68. The monoisotopic (exact) mass is 463 g/mol. The average Bonchev–Trinajstić information content (AvgIpc) is 3.06. The van der Waals surface area contributed by atoms with Crippen LogP contribution in [0.2, 0.25) is 10.0 Å². The second-order valence-corrected chi connectivity index (χ2v) is 10.3. The van der Waals surface area contributed by atoms with Crippen molar-refractivity contribution in [2.75, 3.05) is 5.75 Å². The second kappa shape index (κ2) is 8.06. The molecule has 30 heavy (non-hydrogen) atoms. The molecule has 1 atom stereocenters. The minimum absolute atomic E-state index is 0.00161. The molecule has 1 aliphatic heterocycles. The summed E-state index contributed by atoms with van der Waals surface area (Å²) >= 11 is 12.4. The number of hydrogen-bond acceptors (Lipinski definition) is 4. The maximum absolute atomic E-state index is 13.1. The Bertz CT molecular complexity index is 1220. The van der Waals surface area contributed by atoms with Crippen LogP contribution in [0.5, 0.6) is 0 Å². The summed E-state index contributed by atoms with van der Waals surface area (Å²) in [5, 5.41) is 8.23. The highest BCUT2D eigenvalue weighted by atomic mass is 35.5. The van der Waals surface area contributed by atoms with Crippen molar-refractivity contribution in [3.63, 3.8) is 0 Å². The first-order valence-corrected chi connectivity index (χ1v) is 12.0. The predicted molar refractivity (Wildman–Crippen MR) is 117 cm³/mol. The Labute approximate surface area is 184 Å². The van der Waals surface area contributed by atoms with Crippen LogP contribution in [0.1, 0.15) is 40.3 Å². The predicted octanol–water partition coefficient (Wildman–Crippen LogP) is 4.14. The quantitative estimate of drug-likeness (QED) is 0.630. The topological polar surface area (TPSA) is 81.1 Å². The van der Waals surface area contributed by atoms with Crippen LogP contribution in [0.3, 0.4) is 0 Å². The highest BCUT2D eigenvalue weighted by Crippen LogP contribution is 2.31. The standard InChI is InChI=1S/C21H19Cl2N3O3S/c1-13(14-5-3-2-4-6-14)24-21(27)20-16-12-30(28,29)10-9-18(16)26(25-20)19-8-7-15(22)11-17(19)23/h2-8,11,13H,9-10,12H2,1H3,(H,24,27)/t13-/m1/s1. The number of hydrogen-bond donors (Lipinski definition) is 1. The fourth-order valence-electron chi connectivity index (χ4n) is 3.56. The highest BCUT2D eigenvalue weighted by Gasteiger charge is 2.32. The molecule has 6 nitrogen and oxygen atoms in total. The first-order chi connectivity index (χ1) is 14.2. The van der Waals surface area contributed by atoms with Gasteiger partial charge < -0.3 is 5.32 Å². The lowest BCUT2D eigenvalue weighted by Crippen LogP contribution is -2.29. The molecule has 1 N–H and O–H groups in total. The van der Waals surface area contributed by atoms with Crippen molar-refractivity contribution in [1.29, 1.82) is 0 Å². The van der Waals surface area contributed by atoms with Crippen LogP contribution in [0.4, 0.5) is 0 Å². The molecule has 0 spiro atoms. The van der Waals surface area contributed by atoms with E-state index in [1.165, 1.54) is 0 Å². The summed E-state index contributed by atoms with van der Waals surface area (Å²) in [4.78, 5) is 13.1. The summed E-state index contributed by atoms with van der Waals surface area (Å²) in [6.07, 6.45) is 0.255. The Morgan fingerprint density at radius 2 is 1.90 bits per heavy atom. The Morgan fingerprint density at radius 1 is 1.17 bits per heavy atom. The van der Waals surface area contributed by atoms with Crippen LogP contribution in [0.25, 0.3) is 5.69 Å². The van der Waals surface area contributed by atoms with E-state index in [9.17, 15) is 13.2 Å². The van der Waals surface area contributed by atoms with Crippen LogP contribution in [0.15, 0.2) is 48.5 Å². The third kappa shape index (κ3) is 4.10. The van der Waals surface area contributed by atoms with Crippen LogP contribution >= 0.6 is 23.2 Å². The molecule has 9 heteroatoms. The van der Waals surface area contributed by atoms with Crippen molar-refractivity contribution in [3.05, 3.63) is 81.1 Å². The normalized spacial score (nSPS) is 16.0.